The van der Waals surface area contributed by atoms with Crippen molar-refractivity contribution in [3.8, 4) is 5.75 Å². The van der Waals surface area contributed by atoms with Crippen LogP contribution in [-0.4, -0.2) is 74.4 Å². The van der Waals surface area contributed by atoms with Gasteiger partial charge in [-0.15, -0.1) is 0 Å². The Labute approximate surface area is 149 Å². The average Bonchev–Trinajstić information content (AvgIpc) is 2.15. The van der Waals surface area contributed by atoms with Crippen molar-refractivity contribution < 1.29 is 24.4 Å². The van der Waals surface area contributed by atoms with E-state index in [0.29, 0.717) is 0 Å². The second kappa shape index (κ2) is 8.72. The molecule has 0 atom stereocenters. The molecule has 88 valence electrons. The Morgan fingerprint density at radius 3 is 2.06 bits per heavy atom. The Balaban J connectivity index is 0. The molecule has 0 unspecified atom stereocenters. The minimum atomic E-state index is -4.47. The van der Waals surface area contributed by atoms with E-state index in [1.54, 1.807) is 12.1 Å². The number of hydrogen-bond acceptors (Lipinski definition) is 2. The van der Waals surface area contributed by atoms with E-state index in [9.17, 15) is 4.57 Å². The Morgan fingerprint density at radius 2 is 1.50 bits per heavy atom. The van der Waals surface area contributed by atoms with E-state index in [1.165, 1.54) is 6.07 Å². The summed E-state index contributed by atoms with van der Waals surface area (Å²) in [7, 11) is -4.47. The van der Waals surface area contributed by atoms with Crippen LogP contribution in [0.25, 0.3) is 10.8 Å². The molecule has 4 N–H and O–H groups in total. The molecule has 0 aliphatic heterocycles. The molecule has 0 saturated carbocycles. The van der Waals surface area contributed by atoms with Gasteiger partial charge in [0, 0.05) is 59.1 Å². The van der Waals surface area contributed by atoms with Crippen LogP contribution in [0.2, 0.25) is 0 Å². The van der Waals surface area contributed by atoms with Gasteiger partial charge in [-0.2, -0.15) is 0 Å². The normalized spacial score (nSPS) is 9.67. The molecule has 0 saturated heterocycles. The molecular weight excluding hydrogens is 277 g/mol. The molecule has 0 aliphatic carbocycles. The first kappa shape index (κ1) is 20.9. The van der Waals surface area contributed by atoms with E-state index >= 15 is 0 Å². The molecule has 0 aromatic heterocycles. The first-order valence-electron chi connectivity index (χ1n) is 4.28. The van der Waals surface area contributed by atoms with Gasteiger partial charge in [-0.1, -0.05) is 30.3 Å². The third-order valence-electron chi connectivity index (χ3n) is 1.95. The van der Waals surface area contributed by atoms with E-state index in [1.807, 2.05) is 24.3 Å². The van der Waals surface area contributed by atoms with Gasteiger partial charge in [0.15, 0.2) is 0 Å². The van der Waals surface area contributed by atoms with Crippen LogP contribution >= 0.6 is 7.82 Å². The van der Waals surface area contributed by atoms with Crippen molar-refractivity contribution in [2.75, 3.05) is 0 Å². The number of fused-ring (bicyclic) bond motifs is 1. The second-order valence-corrected chi connectivity index (χ2v) is 4.25. The minimum absolute atomic E-state index is 0. The molecule has 0 spiro atoms. The van der Waals surface area contributed by atoms with Crippen molar-refractivity contribution in [3.63, 3.8) is 0 Å². The van der Waals surface area contributed by atoms with Gasteiger partial charge in [0.1, 0.15) is 5.75 Å². The minimum Gasteiger partial charge on any atom is -0.412 e. The summed E-state index contributed by atoms with van der Waals surface area (Å²) in [5.74, 6) is 0.169. The van der Waals surface area contributed by atoms with Crippen molar-refractivity contribution >= 4 is 77.7 Å². The second-order valence-electron chi connectivity index (χ2n) is 3.09. The molecule has 18 heavy (non-hydrogen) atoms. The van der Waals surface area contributed by atoms with Gasteiger partial charge < -0.3 is 10.00 Å². The smallest absolute Gasteiger partial charge is 0.412 e. The van der Waals surface area contributed by atoms with Crippen molar-refractivity contribution in [2.45, 2.75) is 0 Å². The summed E-state index contributed by atoms with van der Waals surface area (Å²) < 4.78 is 15.1. The fourth-order valence-electron chi connectivity index (χ4n) is 1.36. The maximum atomic E-state index is 10.6. The Kier molecular flexibility index (Phi) is 10.1. The summed E-state index contributed by atoms with van der Waals surface area (Å²) in [6.45, 7) is 0. The molecule has 2 radical (unpaired) electrons. The van der Waals surface area contributed by atoms with Gasteiger partial charge in [-0.3, -0.25) is 9.79 Å². The Hall–Kier alpha value is 0.610. The first-order valence-corrected chi connectivity index (χ1v) is 5.81. The van der Waals surface area contributed by atoms with Crippen LogP contribution in [-0.2, 0) is 4.57 Å². The number of rotatable bonds is 2. The van der Waals surface area contributed by atoms with Crippen LogP contribution in [0.3, 0.4) is 0 Å². The SMILES string of the molecule is O.O=P(O)(O)Oc1ccc2ccccc2c1.[Na].[Na]. The van der Waals surface area contributed by atoms with Crippen molar-refractivity contribution in [2.24, 2.45) is 0 Å². The predicted molar refractivity (Wildman–Crippen MR) is 71.7 cm³/mol. The average molecular weight is 288 g/mol. The monoisotopic (exact) mass is 288 g/mol. The largest absolute Gasteiger partial charge is 0.524 e. The molecule has 0 aliphatic rings. The van der Waals surface area contributed by atoms with Crippen LogP contribution in [0, 0.1) is 0 Å². The Bertz CT molecular complexity index is 543. The fraction of sp³-hybridized carbons (Fsp3) is 0. The van der Waals surface area contributed by atoms with Crippen LogP contribution in [0.5, 0.6) is 5.75 Å². The van der Waals surface area contributed by atoms with Crippen LogP contribution < -0.4 is 4.52 Å². The van der Waals surface area contributed by atoms with Crippen LogP contribution in [0.1, 0.15) is 0 Å². The first-order chi connectivity index (χ1) is 7.04. The van der Waals surface area contributed by atoms with E-state index in [4.69, 9.17) is 9.79 Å². The molecule has 0 fully saturated rings. The zero-order chi connectivity index (χ0) is 10.9. The molecule has 2 aromatic carbocycles. The van der Waals surface area contributed by atoms with Crippen molar-refractivity contribution in [1.82, 2.24) is 0 Å². The van der Waals surface area contributed by atoms with Gasteiger partial charge >= 0.3 is 7.82 Å². The predicted octanol–water partition coefficient (Wildman–Crippen LogP) is 0.725. The van der Waals surface area contributed by atoms with Gasteiger partial charge in [0.2, 0.25) is 0 Å². The molecule has 8 heteroatoms. The van der Waals surface area contributed by atoms with Crippen LogP contribution in [0.15, 0.2) is 42.5 Å². The molecule has 0 heterocycles. The maximum Gasteiger partial charge on any atom is 0.524 e. The van der Waals surface area contributed by atoms with Crippen molar-refractivity contribution in [1.29, 1.82) is 0 Å². The van der Waals surface area contributed by atoms with Gasteiger partial charge in [0.05, 0.1) is 0 Å². The van der Waals surface area contributed by atoms with E-state index in [2.05, 4.69) is 4.52 Å². The zero-order valence-electron chi connectivity index (χ0n) is 10.2. The van der Waals surface area contributed by atoms with Crippen LogP contribution in [0.4, 0.5) is 0 Å². The standard InChI is InChI=1S/C10H9O4P.2Na.H2O/c11-15(12,13)14-10-6-5-8-3-1-2-4-9(8)7-10;;;/h1-7H,(H2,11,12,13);;;1H2. The summed E-state index contributed by atoms with van der Waals surface area (Å²) in [4.78, 5) is 17.3. The van der Waals surface area contributed by atoms with Gasteiger partial charge in [0.25, 0.3) is 0 Å². The van der Waals surface area contributed by atoms with E-state index < -0.39 is 7.82 Å². The number of hydrogen-bond donors (Lipinski definition) is 2. The maximum absolute atomic E-state index is 10.6. The zero-order valence-corrected chi connectivity index (χ0v) is 15.1. The van der Waals surface area contributed by atoms with Gasteiger partial charge in [-0.05, 0) is 22.9 Å². The molecule has 5 nitrogen and oxygen atoms in total. The number of phosphoric acid groups is 1. The summed E-state index contributed by atoms with van der Waals surface area (Å²) >= 11 is 0. The number of phosphoric ester groups is 1. The molecule has 2 rings (SSSR count). The summed E-state index contributed by atoms with van der Waals surface area (Å²) in [5, 5.41) is 1.87. The van der Waals surface area contributed by atoms with Gasteiger partial charge in [-0.25, -0.2) is 4.57 Å². The third-order valence-corrected chi connectivity index (χ3v) is 2.39. The third kappa shape index (κ3) is 6.17. The van der Waals surface area contributed by atoms with E-state index in [-0.39, 0.29) is 70.3 Å². The molecule has 2 aromatic rings. The molecule has 0 amide bonds. The topological polar surface area (TPSA) is 98.3 Å². The van der Waals surface area contributed by atoms with E-state index in [0.717, 1.165) is 10.8 Å². The summed E-state index contributed by atoms with van der Waals surface area (Å²) in [6.07, 6.45) is 0. The Morgan fingerprint density at radius 1 is 0.944 bits per heavy atom. The molecular formula is C10H11Na2O5P. The quantitative estimate of drug-likeness (QED) is 0.628. The summed E-state index contributed by atoms with van der Waals surface area (Å²) in [5.41, 5.74) is 0. The summed E-state index contributed by atoms with van der Waals surface area (Å²) in [6, 6.07) is 12.4. The van der Waals surface area contributed by atoms with Crippen molar-refractivity contribution in [3.05, 3.63) is 42.5 Å². The molecule has 0 bridgehead atoms. The number of benzene rings is 2. The fourth-order valence-corrected chi connectivity index (χ4v) is 1.75.